The van der Waals surface area contributed by atoms with E-state index in [0.717, 1.165) is 25.1 Å². The van der Waals surface area contributed by atoms with Gasteiger partial charge >= 0.3 is 0 Å². The van der Waals surface area contributed by atoms with Crippen LogP contribution in [0.4, 0.5) is 0 Å². The van der Waals surface area contributed by atoms with E-state index < -0.39 is 0 Å². The summed E-state index contributed by atoms with van der Waals surface area (Å²) in [5, 5.41) is 15.0. The van der Waals surface area contributed by atoms with Gasteiger partial charge < -0.3 is 16.3 Å². The quantitative estimate of drug-likeness (QED) is 0.313. The van der Waals surface area contributed by atoms with Crippen LogP contribution in [0.1, 0.15) is 38.3 Å². The molecule has 4 nitrogen and oxygen atoms in total. The maximum atomic E-state index is 8.57. The van der Waals surface area contributed by atoms with E-state index in [2.05, 4.69) is 31.2 Å². The van der Waals surface area contributed by atoms with E-state index in [1.165, 1.54) is 5.56 Å². The Bertz CT molecular complexity index is 396. The summed E-state index contributed by atoms with van der Waals surface area (Å²) in [5.74, 6) is 0.140. The Balaban J connectivity index is 2.50. The topological polar surface area (TPSA) is 70.6 Å². The molecule has 0 unspecified atom stereocenters. The fourth-order valence-electron chi connectivity index (χ4n) is 1.52. The molecule has 0 aromatic heterocycles. The first-order chi connectivity index (χ1) is 8.48. The lowest BCUT2D eigenvalue weighted by molar-refractivity contribution is 0.318. The fraction of sp³-hybridized carbons (Fsp3) is 0.500. The highest BCUT2D eigenvalue weighted by atomic mass is 16.4. The molecule has 0 spiro atoms. The summed E-state index contributed by atoms with van der Waals surface area (Å²) in [6.07, 6.45) is 1.16. The van der Waals surface area contributed by atoms with Crippen molar-refractivity contribution < 1.29 is 5.21 Å². The van der Waals surface area contributed by atoms with Crippen molar-refractivity contribution in [1.82, 2.24) is 5.32 Å². The lowest BCUT2D eigenvalue weighted by Crippen LogP contribution is -2.28. The normalized spacial score (nSPS) is 12.7. The Morgan fingerprint density at radius 1 is 1.33 bits per heavy atom. The van der Waals surface area contributed by atoms with E-state index in [0.29, 0.717) is 5.41 Å². The van der Waals surface area contributed by atoms with Gasteiger partial charge in [-0.05, 0) is 17.4 Å². The molecule has 1 aromatic carbocycles. The fourth-order valence-corrected chi connectivity index (χ4v) is 1.52. The monoisotopic (exact) mass is 249 g/mol. The van der Waals surface area contributed by atoms with Crippen LogP contribution in [0.15, 0.2) is 29.4 Å². The van der Waals surface area contributed by atoms with E-state index in [-0.39, 0.29) is 5.84 Å². The van der Waals surface area contributed by atoms with Crippen LogP contribution in [0.25, 0.3) is 0 Å². The van der Waals surface area contributed by atoms with Gasteiger partial charge in [-0.3, -0.25) is 0 Å². The van der Waals surface area contributed by atoms with Gasteiger partial charge in [0.1, 0.15) is 0 Å². The molecule has 1 aromatic rings. The van der Waals surface area contributed by atoms with Crippen molar-refractivity contribution in [3.8, 4) is 0 Å². The number of amidine groups is 1. The van der Waals surface area contributed by atoms with Crippen molar-refractivity contribution in [2.75, 3.05) is 6.54 Å². The summed E-state index contributed by atoms with van der Waals surface area (Å²) in [6.45, 7) is 8.53. The summed E-state index contributed by atoms with van der Waals surface area (Å²) < 4.78 is 0. The molecule has 1 rings (SSSR count). The zero-order valence-corrected chi connectivity index (χ0v) is 11.4. The Morgan fingerprint density at radius 2 is 1.94 bits per heavy atom. The van der Waals surface area contributed by atoms with Gasteiger partial charge in [0.15, 0.2) is 5.84 Å². The third-order valence-corrected chi connectivity index (χ3v) is 3.25. The van der Waals surface area contributed by atoms with Crippen molar-refractivity contribution >= 4 is 5.84 Å². The maximum Gasteiger partial charge on any atom is 0.170 e. The second-order valence-corrected chi connectivity index (χ2v) is 5.30. The summed E-state index contributed by atoms with van der Waals surface area (Å²) in [7, 11) is 0. The van der Waals surface area contributed by atoms with Crippen molar-refractivity contribution in [3.63, 3.8) is 0 Å². The second kappa shape index (κ2) is 6.40. The SMILES string of the molecule is CCC(C)(C)CNCc1ccc(/C(N)=N/O)cc1. The van der Waals surface area contributed by atoms with Gasteiger partial charge in [0.25, 0.3) is 0 Å². The van der Waals surface area contributed by atoms with E-state index in [4.69, 9.17) is 10.9 Å². The van der Waals surface area contributed by atoms with Gasteiger partial charge in [-0.25, -0.2) is 0 Å². The molecule has 0 heterocycles. The summed E-state index contributed by atoms with van der Waals surface area (Å²) in [6, 6.07) is 7.69. The second-order valence-electron chi connectivity index (χ2n) is 5.30. The maximum absolute atomic E-state index is 8.57. The van der Waals surface area contributed by atoms with Gasteiger partial charge in [0.05, 0.1) is 0 Å². The van der Waals surface area contributed by atoms with Gasteiger partial charge in [0, 0.05) is 18.7 Å². The zero-order valence-electron chi connectivity index (χ0n) is 11.4. The smallest absolute Gasteiger partial charge is 0.170 e. The lowest BCUT2D eigenvalue weighted by Gasteiger charge is -2.23. The Labute approximate surface area is 109 Å². The van der Waals surface area contributed by atoms with Crippen molar-refractivity contribution in [2.45, 2.75) is 33.7 Å². The van der Waals surface area contributed by atoms with Gasteiger partial charge in [-0.15, -0.1) is 0 Å². The molecular weight excluding hydrogens is 226 g/mol. The molecular formula is C14H23N3O. The van der Waals surface area contributed by atoms with Crippen LogP contribution in [0, 0.1) is 5.41 Å². The summed E-state index contributed by atoms with van der Waals surface area (Å²) in [4.78, 5) is 0. The Morgan fingerprint density at radius 3 is 2.44 bits per heavy atom. The van der Waals surface area contributed by atoms with Crippen molar-refractivity contribution in [3.05, 3.63) is 35.4 Å². The minimum absolute atomic E-state index is 0.140. The lowest BCUT2D eigenvalue weighted by atomic mass is 9.90. The number of hydrogen-bond donors (Lipinski definition) is 3. The number of hydrogen-bond acceptors (Lipinski definition) is 3. The van der Waals surface area contributed by atoms with Crippen LogP contribution in [0.5, 0.6) is 0 Å². The predicted octanol–water partition coefficient (Wildman–Crippen LogP) is 2.31. The van der Waals surface area contributed by atoms with Crippen LogP contribution >= 0.6 is 0 Å². The third kappa shape index (κ3) is 4.37. The Kier molecular flexibility index (Phi) is 5.16. The van der Waals surface area contributed by atoms with Gasteiger partial charge in [-0.1, -0.05) is 50.2 Å². The highest BCUT2D eigenvalue weighted by Crippen LogP contribution is 2.17. The molecule has 0 saturated carbocycles. The van der Waals surface area contributed by atoms with Crippen LogP contribution in [-0.4, -0.2) is 17.6 Å². The van der Waals surface area contributed by atoms with E-state index in [1.807, 2.05) is 24.3 Å². The molecule has 0 aliphatic carbocycles. The number of rotatable bonds is 6. The standard InChI is InChI=1S/C14H23N3O/c1-4-14(2,3)10-16-9-11-5-7-12(8-6-11)13(15)17-18/h5-8,16,18H,4,9-10H2,1-3H3,(H2,15,17). The average Bonchev–Trinajstić information content (AvgIpc) is 2.38. The number of nitrogens with zero attached hydrogens (tertiary/aromatic N) is 1. The zero-order chi connectivity index (χ0) is 13.6. The molecule has 0 aliphatic rings. The van der Waals surface area contributed by atoms with Crippen LogP contribution in [0.3, 0.4) is 0 Å². The number of nitrogens with two attached hydrogens (primary N) is 1. The minimum atomic E-state index is 0.140. The molecule has 100 valence electrons. The number of nitrogens with one attached hydrogen (secondary N) is 1. The van der Waals surface area contributed by atoms with E-state index >= 15 is 0 Å². The molecule has 0 radical (unpaired) electrons. The van der Waals surface area contributed by atoms with Crippen LogP contribution < -0.4 is 11.1 Å². The highest BCUT2D eigenvalue weighted by molar-refractivity contribution is 5.96. The molecule has 4 heteroatoms. The Hall–Kier alpha value is -1.55. The van der Waals surface area contributed by atoms with Gasteiger partial charge in [0.2, 0.25) is 0 Å². The first-order valence-electron chi connectivity index (χ1n) is 6.26. The first-order valence-corrected chi connectivity index (χ1v) is 6.26. The van der Waals surface area contributed by atoms with Crippen molar-refractivity contribution in [2.24, 2.45) is 16.3 Å². The summed E-state index contributed by atoms with van der Waals surface area (Å²) in [5.41, 5.74) is 7.75. The number of oxime groups is 1. The molecule has 0 fully saturated rings. The van der Waals surface area contributed by atoms with E-state index in [1.54, 1.807) is 0 Å². The van der Waals surface area contributed by atoms with Crippen LogP contribution in [-0.2, 0) is 6.54 Å². The largest absolute Gasteiger partial charge is 0.409 e. The summed E-state index contributed by atoms with van der Waals surface area (Å²) >= 11 is 0. The number of benzene rings is 1. The average molecular weight is 249 g/mol. The van der Waals surface area contributed by atoms with Gasteiger partial charge in [-0.2, -0.15) is 0 Å². The minimum Gasteiger partial charge on any atom is -0.409 e. The van der Waals surface area contributed by atoms with Crippen LogP contribution in [0.2, 0.25) is 0 Å². The molecule has 0 saturated heterocycles. The molecule has 4 N–H and O–H groups in total. The predicted molar refractivity (Wildman–Crippen MR) is 74.7 cm³/mol. The van der Waals surface area contributed by atoms with E-state index in [9.17, 15) is 0 Å². The highest BCUT2D eigenvalue weighted by Gasteiger charge is 2.13. The molecule has 0 atom stereocenters. The molecule has 0 amide bonds. The molecule has 0 bridgehead atoms. The third-order valence-electron chi connectivity index (χ3n) is 3.25. The first kappa shape index (κ1) is 14.5. The molecule has 0 aliphatic heterocycles. The van der Waals surface area contributed by atoms with Crippen molar-refractivity contribution in [1.29, 1.82) is 0 Å². The molecule has 18 heavy (non-hydrogen) atoms.